The van der Waals surface area contributed by atoms with Crippen LogP contribution in [0.2, 0.25) is 0 Å². The second-order valence-corrected chi connectivity index (χ2v) is 4.14. The molecule has 0 aromatic carbocycles. The Morgan fingerprint density at radius 2 is 1.73 bits per heavy atom. The van der Waals surface area contributed by atoms with Crippen LogP contribution in [0.15, 0.2) is 12.2 Å². The van der Waals surface area contributed by atoms with Crippen molar-refractivity contribution in [1.82, 2.24) is 0 Å². The fourth-order valence-corrected chi connectivity index (χ4v) is 1.56. The molecule has 0 heterocycles. The van der Waals surface area contributed by atoms with E-state index in [9.17, 15) is 0 Å². The van der Waals surface area contributed by atoms with E-state index in [1.807, 2.05) is 6.07 Å². The van der Waals surface area contributed by atoms with Crippen LogP contribution < -0.4 is 5.73 Å². The lowest BCUT2D eigenvalue weighted by Gasteiger charge is -2.06. The van der Waals surface area contributed by atoms with Gasteiger partial charge in [0.25, 0.3) is 0 Å². The summed E-state index contributed by atoms with van der Waals surface area (Å²) in [5, 5.41) is 8.57. The number of rotatable bonds is 9. The van der Waals surface area contributed by atoms with Gasteiger partial charge >= 0.3 is 0 Å². The summed E-state index contributed by atoms with van der Waals surface area (Å²) in [6.45, 7) is 6.05. The summed E-state index contributed by atoms with van der Waals surface area (Å²) in [5.74, 6) is 0. The van der Waals surface area contributed by atoms with Gasteiger partial charge in [-0.3, -0.25) is 0 Å². The van der Waals surface area contributed by atoms with Gasteiger partial charge < -0.3 is 5.73 Å². The minimum absolute atomic E-state index is 0.468. The third-order valence-corrected chi connectivity index (χ3v) is 2.68. The van der Waals surface area contributed by atoms with Crippen molar-refractivity contribution >= 4 is 0 Å². The maximum absolute atomic E-state index is 8.57. The molecule has 0 fully saturated rings. The normalized spacial score (nSPS) is 12.1. The molecular weight excluding hydrogens is 184 g/mol. The molecule has 0 aliphatic carbocycles. The van der Waals surface area contributed by atoms with E-state index in [1.54, 1.807) is 0 Å². The largest absolute Gasteiger partial charge is 0.312 e. The molecule has 2 nitrogen and oxygen atoms in total. The van der Waals surface area contributed by atoms with Crippen LogP contribution in [0.3, 0.4) is 0 Å². The van der Waals surface area contributed by atoms with Crippen LogP contribution >= 0.6 is 0 Å². The maximum Gasteiger partial charge on any atom is 0.114 e. The third kappa shape index (κ3) is 8.20. The van der Waals surface area contributed by atoms with E-state index in [0.29, 0.717) is 0 Å². The second-order valence-electron chi connectivity index (χ2n) is 4.14. The highest BCUT2D eigenvalue weighted by Crippen LogP contribution is 2.12. The van der Waals surface area contributed by atoms with Crippen molar-refractivity contribution in [3.8, 4) is 6.07 Å². The summed E-state index contributed by atoms with van der Waals surface area (Å²) in [5.41, 5.74) is 6.42. The van der Waals surface area contributed by atoms with Gasteiger partial charge in [-0.1, -0.05) is 52.0 Å². The Morgan fingerprint density at radius 3 is 2.27 bits per heavy atom. The third-order valence-electron chi connectivity index (χ3n) is 2.68. The molecule has 0 amide bonds. The average Bonchev–Trinajstić information content (AvgIpc) is 2.26. The Morgan fingerprint density at radius 1 is 1.20 bits per heavy atom. The van der Waals surface area contributed by atoms with Gasteiger partial charge in [-0.15, -0.1) is 0 Å². The van der Waals surface area contributed by atoms with E-state index in [2.05, 4.69) is 13.5 Å². The maximum atomic E-state index is 8.57. The molecule has 2 N–H and O–H groups in total. The van der Waals surface area contributed by atoms with Gasteiger partial charge in [0.1, 0.15) is 6.04 Å². The summed E-state index contributed by atoms with van der Waals surface area (Å²) in [4.78, 5) is 0. The van der Waals surface area contributed by atoms with Crippen molar-refractivity contribution in [3.05, 3.63) is 12.2 Å². The quantitative estimate of drug-likeness (QED) is 0.465. The molecule has 15 heavy (non-hydrogen) atoms. The van der Waals surface area contributed by atoms with Crippen LogP contribution in [-0.2, 0) is 0 Å². The van der Waals surface area contributed by atoms with Gasteiger partial charge in [-0.2, -0.15) is 5.26 Å². The van der Waals surface area contributed by atoms with Gasteiger partial charge in [0, 0.05) is 0 Å². The van der Waals surface area contributed by atoms with Crippen molar-refractivity contribution in [2.75, 3.05) is 0 Å². The molecule has 0 saturated heterocycles. The molecular formula is C13H24N2. The zero-order valence-electron chi connectivity index (χ0n) is 9.97. The molecule has 0 aromatic heterocycles. The van der Waals surface area contributed by atoms with Crippen LogP contribution in [0.5, 0.6) is 0 Å². The number of unbranched alkanes of at least 4 members (excludes halogenated alkanes) is 6. The molecule has 0 aromatic rings. The SMILES string of the molecule is C=C(CCCCCCCCC)C(N)C#N. The first kappa shape index (κ1) is 14.2. The molecule has 1 unspecified atom stereocenters. The van der Waals surface area contributed by atoms with E-state index < -0.39 is 6.04 Å². The Labute approximate surface area is 94.2 Å². The Balaban J connectivity index is 3.25. The average molecular weight is 208 g/mol. The molecule has 0 radical (unpaired) electrons. The van der Waals surface area contributed by atoms with Crippen LogP contribution in [0.25, 0.3) is 0 Å². The van der Waals surface area contributed by atoms with Gasteiger partial charge in [-0.25, -0.2) is 0 Å². The predicted octanol–water partition coefficient (Wildman–Crippen LogP) is 3.53. The molecule has 0 aliphatic heterocycles. The van der Waals surface area contributed by atoms with Gasteiger partial charge in [0.2, 0.25) is 0 Å². The van der Waals surface area contributed by atoms with Gasteiger partial charge in [-0.05, 0) is 18.4 Å². The molecule has 2 heteroatoms. The number of nitrogens with two attached hydrogens (primary N) is 1. The fourth-order valence-electron chi connectivity index (χ4n) is 1.56. The zero-order valence-corrected chi connectivity index (χ0v) is 9.97. The second kappa shape index (κ2) is 9.73. The summed E-state index contributed by atoms with van der Waals surface area (Å²) in [6, 6.07) is 1.54. The summed E-state index contributed by atoms with van der Waals surface area (Å²) in [6.07, 6.45) is 9.92. The molecule has 0 rings (SSSR count). The first-order chi connectivity index (χ1) is 7.22. The zero-order chi connectivity index (χ0) is 11.5. The Hall–Kier alpha value is -0.810. The summed E-state index contributed by atoms with van der Waals surface area (Å²) < 4.78 is 0. The van der Waals surface area contributed by atoms with Crippen LogP contribution in [0.1, 0.15) is 58.3 Å². The summed E-state index contributed by atoms with van der Waals surface area (Å²) >= 11 is 0. The minimum atomic E-state index is -0.468. The number of nitriles is 1. The van der Waals surface area contributed by atoms with E-state index in [0.717, 1.165) is 18.4 Å². The fraction of sp³-hybridized carbons (Fsp3) is 0.769. The van der Waals surface area contributed by atoms with E-state index in [1.165, 1.54) is 38.5 Å². The highest BCUT2D eigenvalue weighted by Gasteiger charge is 2.04. The molecule has 0 spiro atoms. The molecule has 0 aliphatic rings. The van der Waals surface area contributed by atoms with Crippen LogP contribution in [0, 0.1) is 11.3 Å². The number of hydrogen-bond donors (Lipinski definition) is 1. The number of hydrogen-bond acceptors (Lipinski definition) is 2. The van der Waals surface area contributed by atoms with E-state index in [4.69, 9.17) is 11.0 Å². The molecule has 0 saturated carbocycles. The first-order valence-electron chi connectivity index (χ1n) is 6.05. The molecule has 1 atom stereocenters. The first-order valence-corrected chi connectivity index (χ1v) is 6.05. The highest BCUT2D eigenvalue weighted by atomic mass is 14.6. The lowest BCUT2D eigenvalue weighted by atomic mass is 10.0. The van der Waals surface area contributed by atoms with Gasteiger partial charge in [0.05, 0.1) is 6.07 Å². The summed E-state index contributed by atoms with van der Waals surface area (Å²) in [7, 11) is 0. The molecule has 86 valence electrons. The Bertz CT molecular complexity index is 203. The van der Waals surface area contributed by atoms with E-state index >= 15 is 0 Å². The van der Waals surface area contributed by atoms with Crippen molar-refractivity contribution in [2.24, 2.45) is 5.73 Å². The number of nitrogens with zero attached hydrogens (tertiary/aromatic N) is 1. The predicted molar refractivity (Wildman–Crippen MR) is 65.3 cm³/mol. The smallest absolute Gasteiger partial charge is 0.114 e. The Kier molecular flexibility index (Phi) is 9.21. The lowest BCUT2D eigenvalue weighted by molar-refractivity contribution is 0.585. The van der Waals surface area contributed by atoms with Gasteiger partial charge in [0.15, 0.2) is 0 Å². The molecule has 0 bridgehead atoms. The van der Waals surface area contributed by atoms with Crippen LogP contribution in [0.4, 0.5) is 0 Å². The van der Waals surface area contributed by atoms with Crippen molar-refractivity contribution in [1.29, 1.82) is 5.26 Å². The highest BCUT2D eigenvalue weighted by molar-refractivity contribution is 5.14. The van der Waals surface area contributed by atoms with E-state index in [-0.39, 0.29) is 0 Å². The van der Waals surface area contributed by atoms with Crippen molar-refractivity contribution in [3.63, 3.8) is 0 Å². The monoisotopic (exact) mass is 208 g/mol. The van der Waals surface area contributed by atoms with Crippen molar-refractivity contribution < 1.29 is 0 Å². The minimum Gasteiger partial charge on any atom is -0.312 e. The lowest BCUT2D eigenvalue weighted by Crippen LogP contribution is -2.19. The topological polar surface area (TPSA) is 49.8 Å². The van der Waals surface area contributed by atoms with Crippen LogP contribution in [-0.4, -0.2) is 6.04 Å². The standard InChI is InChI=1S/C13H24N2/c1-3-4-5-6-7-8-9-10-12(2)13(15)11-14/h13H,2-10,15H2,1H3. The van der Waals surface area contributed by atoms with Crippen molar-refractivity contribution in [2.45, 2.75) is 64.3 Å².